The molecule has 1 aromatic heterocycles. The number of nitrogens with one attached hydrogen (secondary N) is 1. The van der Waals surface area contributed by atoms with Gasteiger partial charge in [0, 0.05) is 30.2 Å². The van der Waals surface area contributed by atoms with Crippen molar-refractivity contribution in [3.8, 4) is 0 Å². The quantitative estimate of drug-likeness (QED) is 0.744. The zero-order valence-electron chi connectivity index (χ0n) is 14.3. The van der Waals surface area contributed by atoms with Gasteiger partial charge in [-0.3, -0.25) is 4.79 Å². The van der Waals surface area contributed by atoms with Crippen molar-refractivity contribution in [2.75, 3.05) is 13.1 Å². The van der Waals surface area contributed by atoms with Crippen molar-refractivity contribution in [1.29, 1.82) is 0 Å². The maximum Gasteiger partial charge on any atom is 0.226 e. The molecule has 26 heavy (non-hydrogen) atoms. The third-order valence-electron chi connectivity index (χ3n) is 5.21. The number of nitrogens with zero attached hydrogens (tertiary/aromatic N) is 1. The summed E-state index contributed by atoms with van der Waals surface area (Å²) >= 11 is 0. The van der Waals surface area contributed by atoms with Crippen LogP contribution in [-0.2, 0) is 11.2 Å². The second-order valence-electron chi connectivity index (χ2n) is 6.90. The van der Waals surface area contributed by atoms with E-state index in [4.69, 9.17) is 0 Å². The summed E-state index contributed by atoms with van der Waals surface area (Å²) in [5.74, 6) is -0.218. The number of amides is 1. The molecule has 1 aliphatic heterocycles. The van der Waals surface area contributed by atoms with Crippen LogP contribution >= 0.6 is 0 Å². The molecule has 2 heterocycles. The van der Waals surface area contributed by atoms with Crippen LogP contribution in [0.3, 0.4) is 0 Å². The van der Waals surface area contributed by atoms with E-state index in [9.17, 15) is 13.6 Å². The molecule has 0 spiro atoms. The normalized spacial score (nSPS) is 15.5. The molecule has 0 saturated carbocycles. The molecule has 0 atom stereocenters. The van der Waals surface area contributed by atoms with Crippen molar-refractivity contribution in [1.82, 2.24) is 9.88 Å². The summed E-state index contributed by atoms with van der Waals surface area (Å²) in [6.07, 6.45) is 3.87. The lowest BCUT2D eigenvalue weighted by Crippen LogP contribution is -2.38. The van der Waals surface area contributed by atoms with Crippen molar-refractivity contribution in [3.63, 3.8) is 0 Å². The Morgan fingerprint density at radius 2 is 1.85 bits per heavy atom. The van der Waals surface area contributed by atoms with Crippen molar-refractivity contribution in [2.45, 2.75) is 25.2 Å². The first-order valence-electron chi connectivity index (χ1n) is 8.89. The molecule has 0 bridgehead atoms. The fraction of sp³-hybridized carbons (Fsp3) is 0.286. The van der Waals surface area contributed by atoms with Gasteiger partial charge in [-0.15, -0.1) is 0 Å². The molecule has 1 fully saturated rings. The van der Waals surface area contributed by atoms with E-state index < -0.39 is 0 Å². The number of benzene rings is 2. The third kappa shape index (κ3) is 3.34. The monoisotopic (exact) mass is 354 g/mol. The molecule has 2 aromatic carbocycles. The summed E-state index contributed by atoms with van der Waals surface area (Å²) in [6.45, 7) is 1.33. The van der Waals surface area contributed by atoms with Gasteiger partial charge >= 0.3 is 0 Å². The minimum atomic E-state index is -0.319. The highest BCUT2D eigenvalue weighted by Crippen LogP contribution is 2.33. The molecule has 3 aromatic rings. The molecule has 4 rings (SSSR count). The number of hydrogen-bond donors (Lipinski definition) is 1. The Morgan fingerprint density at radius 3 is 2.62 bits per heavy atom. The largest absolute Gasteiger partial charge is 0.361 e. The molecule has 1 aliphatic rings. The standard InChI is InChI=1S/C21H20F2N2O/c22-16-3-1-2-14(10-16)11-21(26)25-8-6-15(7-9-25)19-13-24-20-5-4-17(23)12-18(19)20/h1-5,10,12-13,15,24H,6-9,11H2. The predicted octanol–water partition coefficient (Wildman–Crippen LogP) is 4.39. The lowest BCUT2D eigenvalue weighted by Gasteiger charge is -2.32. The zero-order valence-corrected chi connectivity index (χ0v) is 14.3. The van der Waals surface area contributed by atoms with Crippen LogP contribution in [0.25, 0.3) is 10.9 Å². The van der Waals surface area contributed by atoms with E-state index in [2.05, 4.69) is 4.98 Å². The lowest BCUT2D eigenvalue weighted by atomic mass is 9.89. The van der Waals surface area contributed by atoms with E-state index in [1.807, 2.05) is 11.1 Å². The highest BCUT2D eigenvalue weighted by Gasteiger charge is 2.25. The van der Waals surface area contributed by atoms with Crippen LogP contribution in [0, 0.1) is 11.6 Å². The van der Waals surface area contributed by atoms with Gasteiger partial charge in [-0.25, -0.2) is 8.78 Å². The van der Waals surface area contributed by atoms with Crippen molar-refractivity contribution >= 4 is 16.8 Å². The summed E-state index contributed by atoms with van der Waals surface area (Å²) in [6, 6.07) is 11.0. The van der Waals surface area contributed by atoms with Crippen LogP contribution in [0.1, 0.15) is 29.9 Å². The van der Waals surface area contributed by atoms with E-state index in [1.54, 1.807) is 24.3 Å². The van der Waals surface area contributed by atoms with Gasteiger partial charge in [0.2, 0.25) is 5.91 Å². The van der Waals surface area contributed by atoms with E-state index in [1.165, 1.54) is 18.2 Å². The minimum absolute atomic E-state index is 0.0269. The maximum atomic E-state index is 13.6. The van der Waals surface area contributed by atoms with Crippen LogP contribution in [0.15, 0.2) is 48.7 Å². The number of likely N-dealkylation sites (tertiary alicyclic amines) is 1. The Bertz CT molecular complexity index is 942. The van der Waals surface area contributed by atoms with Crippen molar-refractivity contribution < 1.29 is 13.6 Å². The maximum absolute atomic E-state index is 13.6. The number of hydrogen-bond acceptors (Lipinski definition) is 1. The molecule has 1 N–H and O–H groups in total. The fourth-order valence-electron chi connectivity index (χ4n) is 3.83. The first-order chi connectivity index (χ1) is 12.6. The van der Waals surface area contributed by atoms with Gasteiger partial charge in [-0.1, -0.05) is 12.1 Å². The Balaban J connectivity index is 1.42. The van der Waals surface area contributed by atoms with Crippen LogP contribution < -0.4 is 0 Å². The number of aromatic nitrogens is 1. The SMILES string of the molecule is O=C(Cc1cccc(F)c1)N1CCC(c2c[nH]c3ccc(F)cc23)CC1. The first-order valence-corrected chi connectivity index (χ1v) is 8.89. The summed E-state index contributed by atoms with van der Waals surface area (Å²) in [4.78, 5) is 17.5. The Labute approximate surface area is 150 Å². The lowest BCUT2D eigenvalue weighted by molar-refractivity contribution is -0.131. The average molecular weight is 354 g/mol. The van der Waals surface area contributed by atoms with Gasteiger partial charge in [-0.2, -0.15) is 0 Å². The van der Waals surface area contributed by atoms with E-state index in [-0.39, 0.29) is 24.0 Å². The van der Waals surface area contributed by atoms with Crippen LogP contribution in [0.5, 0.6) is 0 Å². The minimum Gasteiger partial charge on any atom is -0.361 e. The van der Waals surface area contributed by atoms with Crippen LogP contribution in [0.4, 0.5) is 8.78 Å². The number of H-pyrrole nitrogens is 1. The molecule has 134 valence electrons. The fourth-order valence-corrected chi connectivity index (χ4v) is 3.83. The molecule has 5 heteroatoms. The second-order valence-corrected chi connectivity index (χ2v) is 6.90. The van der Waals surface area contributed by atoms with E-state index in [0.717, 1.165) is 29.3 Å². The molecule has 1 saturated heterocycles. The molecule has 1 amide bonds. The van der Waals surface area contributed by atoms with Gasteiger partial charge in [0.15, 0.2) is 0 Å². The number of carbonyl (C=O) groups excluding carboxylic acids is 1. The van der Waals surface area contributed by atoms with Gasteiger partial charge in [0.25, 0.3) is 0 Å². The van der Waals surface area contributed by atoms with Crippen molar-refractivity contribution in [2.24, 2.45) is 0 Å². The predicted molar refractivity (Wildman–Crippen MR) is 96.9 cm³/mol. The summed E-state index contributed by atoms with van der Waals surface area (Å²) in [5, 5.41) is 0.925. The second kappa shape index (κ2) is 6.90. The van der Waals surface area contributed by atoms with E-state index in [0.29, 0.717) is 24.6 Å². The number of halogens is 2. The smallest absolute Gasteiger partial charge is 0.226 e. The molecular weight excluding hydrogens is 334 g/mol. The molecule has 0 unspecified atom stereocenters. The number of piperidine rings is 1. The molecule has 3 nitrogen and oxygen atoms in total. The number of carbonyl (C=O) groups is 1. The topological polar surface area (TPSA) is 36.1 Å². The number of rotatable bonds is 3. The van der Waals surface area contributed by atoms with E-state index >= 15 is 0 Å². The summed E-state index contributed by atoms with van der Waals surface area (Å²) in [5.41, 5.74) is 2.76. The van der Waals surface area contributed by atoms with Crippen LogP contribution in [-0.4, -0.2) is 28.9 Å². The van der Waals surface area contributed by atoms with Crippen LogP contribution in [0.2, 0.25) is 0 Å². The first kappa shape index (κ1) is 16.8. The highest BCUT2D eigenvalue weighted by atomic mass is 19.1. The number of aromatic amines is 1. The van der Waals surface area contributed by atoms with Crippen molar-refractivity contribution in [3.05, 3.63) is 71.4 Å². The van der Waals surface area contributed by atoms with Gasteiger partial charge < -0.3 is 9.88 Å². The Morgan fingerprint density at radius 1 is 1.08 bits per heavy atom. The third-order valence-corrected chi connectivity index (χ3v) is 5.21. The Kier molecular flexibility index (Phi) is 4.45. The highest BCUT2D eigenvalue weighted by molar-refractivity contribution is 5.84. The molecular formula is C21H20F2N2O. The number of fused-ring (bicyclic) bond motifs is 1. The van der Waals surface area contributed by atoms with Gasteiger partial charge in [0.1, 0.15) is 11.6 Å². The summed E-state index contributed by atoms with van der Waals surface area (Å²) in [7, 11) is 0. The zero-order chi connectivity index (χ0) is 18.1. The average Bonchev–Trinajstić information content (AvgIpc) is 3.05. The van der Waals surface area contributed by atoms with Gasteiger partial charge in [-0.05, 0) is 60.2 Å². The molecule has 0 radical (unpaired) electrons. The molecule has 0 aliphatic carbocycles. The summed E-state index contributed by atoms with van der Waals surface area (Å²) < 4.78 is 26.8. The van der Waals surface area contributed by atoms with Gasteiger partial charge in [0.05, 0.1) is 6.42 Å². The Hall–Kier alpha value is -2.69.